The largest absolute Gasteiger partial charge is 0.508 e. The minimum absolute atomic E-state index is 0.142. The van der Waals surface area contributed by atoms with Crippen LogP contribution in [0, 0.1) is 0 Å². The highest BCUT2D eigenvalue weighted by Gasteiger charge is 2.35. The summed E-state index contributed by atoms with van der Waals surface area (Å²) in [6.45, 7) is 4.95. The summed E-state index contributed by atoms with van der Waals surface area (Å²) >= 11 is 0. The van der Waals surface area contributed by atoms with Gasteiger partial charge in [-0.05, 0) is 26.0 Å². The molecule has 1 amide bonds. The predicted octanol–water partition coefficient (Wildman–Crippen LogP) is 0.676. The van der Waals surface area contributed by atoms with Gasteiger partial charge in [0.05, 0.1) is 11.7 Å². The summed E-state index contributed by atoms with van der Waals surface area (Å²) in [4.78, 5) is 14.1. The van der Waals surface area contributed by atoms with Gasteiger partial charge in [0, 0.05) is 31.3 Å². The summed E-state index contributed by atoms with van der Waals surface area (Å²) in [5, 5.41) is 18.9. The van der Waals surface area contributed by atoms with Crippen molar-refractivity contribution in [1.29, 1.82) is 0 Å². The van der Waals surface area contributed by atoms with E-state index >= 15 is 0 Å². The van der Waals surface area contributed by atoms with Gasteiger partial charge in [0.1, 0.15) is 11.5 Å². The van der Waals surface area contributed by atoms with E-state index in [4.69, 9.17) is 10.5 Å². The molecule has 1 saturated heterocycles. The molecule has 110 valence electrons. The van der Waals surface area contributed by atoms with Crippen molar-refractivity contribution in [3.63, 3.8) is 0 Å². The summed E-state index contributed by atoms with van der Waals surface area (Å²) in [5.41, 5.74) is 5.40. The summed E-state index contributed by atoms with van der Waals surface area (Å²) in [5.74, 6) is -0.543. The summed E-state index contributed by atoms with van der Waals surface area (Å²) in [6.07, 6.45) is -0.214. The minimum Gasteiger partial charge on any atom is -0.508 e. The van der Waals surface area contributed by atoms with Crippen molar-refractivity contribution in [2.75, 3.05) is 19.6 Å². The molecule has 0 aliphatic carbocycles. The van der Waals surface area contributed by atoms with E-state index in [1.165, 1.54) is 18.2 Å². The van der Waals surface area contributed by atoms with Gasteiger partial charge in [-0.1, -0.05) is 0 Å². The molecule has 6 nitrogen and oxygen atoms in total. The van der Waals surface area contributed by atoms with Gasteiger partial charge in [0.2, 0.25) is 0 Å². The van der Waals surface area contributed by atoms with Gasteiger partial charge >= 0.3 is 0 Å². The van der Waals surface area contributed by atoms with Gasteiger partial charge in [0.25, 0.3) is 5.91 Å². The molecule has 1 atom stereocenters. The number of carbonyl (C=O) groups is 1. The number of hydrogen-bond donors (Lipinski definition) is 3. The van der Waals surface area contributed by atoms with Gasteiger partial charge in [-0.3, -0.25) is 4.79 Å². The maximum absolute atomic E-state index is 12.5. The normalized spacial score (nSPS) is 21.8. The third kappa shape index (κ3) is 3.20. The Labute approximate surface area is 117 Å². The Kier molecular flexibility index (Phi) is 3.87. The van der Waals surface area contributed by atoms with E-state index in [-0.39, 0.29) is 29.1 Å². The third-order valence-corrected chi connectivity index (χ3v) is 3.18. The first-order valence-corrected chi connectivity index (χ1v) is 6.51. The molecular weight excluding hydrogens is 260 g/mol. The molecule has 0 bridgehead atoms. The quantitative estimate of drug-likeness (QED) is 0.740. The molecule has 1 heterocycles. The average Bonchev–Trinajstić information content (AvgIpc) is 2.34. The van der Waals surface area contributed by atoms with E-state index in [0.717, 1.165) is 0 Å². The van der Waals surface area contributed by atoms with Crippen LogP contribution in [0.5, 0.6) is 11.5 Å². The second kappa shape index (κ2) is 5.30. The SMILES string of the molecule is CC1(C)CN(C(=O)c2cc(O)cc(O)c2)CC(CN)O1. The molecular formula is C14H20N2O4. The first kappa shape index (κ1) is 14.6. The Morgan fingerprint density at radius 3 is 2.55 bits per heavy atom. The fraction of sp³-hybridized carbons (Fsp3) is 0.500. The minimum atomic E-state index is -0.475. The Morgan fingerprint density at radius 1 is 1.40 bits per heavy atom. The van der Waals surface area contributed by atoms with Crippen molar-refractivity contribution in [3.05, 3.63) is 23.8 Å². The molecule has 1 fully saturated rings. The highest BCUT2D eigenvalue weighted by Crippen LogP contribution is 2.25. The van der Waals surface area contributed by atoms with Gasteiger partial charge in [-0.2, -0.15) is 0 Å². The summed E-state index contributed by atoms with van der Waals surface area (Å²) < 4.78 is 5.77. The van der Waals surface area contributed by atoms with Crippen molar-refractivity contribution < 1.29 is 19.7 Å². The molecule has 0 spiro atoms. The lowest BCUT2D eigenvalue weighted by Crippen LogP contribution is -2.56. The Morgan fingerprint density at radius 2 is 2.00 bits per heavy atom. The number of rotatable bonds is 2. The van der Waals surface area contributed by atoms with E-state index in [9.17, 15) is 15.0 Å². The maximum atomic E-state index is 12.5. The Bertz CT molecular complexity index is 496. The topological polar surface area (TPSA) is 96.0 Å². The third-order valence-electron chi connectivity index (χ3n) is 3.18. The van der Waals surface area contributed by atoms with Crippen LogP contribution in [0.15, 0.2) is 18.2 Å². The monoisotopic (exact) mass is 280 g/mol. The molecule has 0 saturated carbocycles. The van der Waals surface area contributed by atoms with Gasteiger partial charge in [0.15, 0.2) is 0 Å². The second-order valence-corrected chi connectivity index (χ2v) is 5.66. The van der Waals surface area contributed by atoms with E-state index in [1.54, 1.807) is 4.90 Å². The van der Waals surface area contributed by atoms with Crippen LogP contribution in [0.2, 0.25) is 0 Å². The van der Waals surface area contributed by atoms with E-state index < -0.39 is 5.60 Å². The van der Waals surface area contributed by atoms with Crippen LogP contribution in [0.25, 0.3) is 0 Å². The van der Waals surface area contributed by atoms with Gasteiger partial charge in [-0.15, -0.1) is 0 Å². The number of ether oxygens (including phenoxy) is 1. The van der Waals surface area contributed by atoms with E-state index in [1.807, 2.05) is 13.8 Å². The average molecular weight is 280 g/mol. The number of aromatic hydroxyl groups is 2. The first-order valence-electron chi connectivity index (χ1n) is 6.51. The lowest BCUT2D eigenvalue weighted by Gasteiger charge is -2.42. The number of nitrogens with zero attached hydrogens (tertiary/aromatic N) is 1. The highest BCUT2D eigenvalue weighted by molar-refractivity contribution is 5.95. The van der Waals surface area contributed by atoms with Crippen LogP contribution in [-0.4, -0.2) is 52.4 Å². The van der Waals surface area contributed by atoms with Gasteiger partial charge < -0.3 is 25.6 Å². The molecule has 1 aromatic rings. The molecule has 6 heteroatoms. The van der Waals surface area contributed by atoms with Crippen molar-refractivity contribution in [2.24, 2.45) is 5.73 Å². The number of phenols is 2. The van der Waals surface area contributed by atoms with Crippen LogP contribution in [0.4, 0.5) is 0 Å². The van der Waals surface area contributed by atoms with Crippen LogP contribution >= 0.6 is 0 Å². The van der Waals surface area contributed by atoms with Crippen LogP contribution in [0.1, 0.15) is 24.2 Å². The van der Waals surface area contributed by atoms with Crippen molar-refractivity contribution >= 4 is 5.91 Å². The number of amides is 1. The highest BCUT2D eigenvalue weighted by atomic mass is 16.5. The molecule has 1 aliphatic heterocycles. The predicted molar refractivity (Wildman–Crippen MR) is 73.7 cm³/mol. The van der Waals surface area contributed by atoms with Crippen LogP contribution < -0.4 is 5.73 Å². The van der Waals surface area contributed by atoms with Crippen molar-refractivity contribution in [2.45, 2.75) is 25.6 Å². The smallest absolute Gasteiger partial charge is 0.254 e. The first-order chi connectivity index (χ1) is 9.30. The van der Waals surface area contributed by atoms with Gasteiger partial charge in [-0.25, -0.2) is 0 Å². The number of phenolic OH excluding ortho intramolecular Hbond substituents is 2. The lowest BCUT2D eigenvalue weighted by molar-refractivity contribution is -0.122. The molecule has 0 aromatic heterocycles. The summed E-state index contributed by atoms with van der Waals surface area (Å²) in [6, 6.07) is 3.85. The molecule has 0 radical (unpaired) electrons. The number of hydrogen-bond acceptors (Lipinski definition) is 5. The van der Waals surface area contributed by atoms with E-state index in [2.05, 4.69) is 0 Å². The molecule has 1 aromatic carbocycles. The number of carbonyl (C=O) groups excluding carboxylic acids is 1. The fourth-order valence-corrected chi connectivity index (χ4v) is 2.47. The molecule has 1 unspecified atom stereocenters. The number of morpholine rings is 1. The zero-order valence-electron chi connectivity index (χ0n) is 11.7. The Balaban J connectivity index is 2.23. The molecule has 1 aliphatic rings. The number of nitrogens with two attached hydrogens (primary N) is 1. The molecule has 2 rings (SSSR count). The van der Waals surface area contributed by atoms with E-state index in [0.29, 0.717) is 19.6 Å². The number of benzene rings is 1. The molecule has 4 N–H and O–H groups in total. The zero-order valence-corrected chi connectivity index (χ0v) is 11.7. The standard InChI is InChI=1S/C14H20N2O4/c1-14(2)8-16(7-12(6-15)20-14)13(19)9-3-10(17)5-11(18)4-9/h3-5,12,17-18H,6-8,15H2,1-2H3. The second-order valence-electron chi connectivity index (χ2n) is 5.66. The van der Waals surface area contributed by atoms with Crippen molar-refractivity contribution in [3.8, 4) is 11.5 Å². The van der Waals surface area contributed by atoms with Crippen molar-refractivity contribution in [1.82, 2.24) is 4.90 Å². The Hall–Kier alpha value is -1.79. The maximum Gasteiger partial charge on any atom is 0.254 e. The fourth-order valence-electron chi connectivity index (χ4n) is 2.47. The van der Waals surface area contributed by atoms with Crippen LogP contribution in [-0.2, 0) is 4.74 Å². The zero-order chi connectivity index (χ0) is 14.9. The molecule has 20 heavy (non-hydrogen) atoms. The van der Waals surface area contributed by atoms with Crippen LogP contribution in [0.3, 0.4) is 0 Å². The summed E-state index contributed by atoms with van der Waals surface area (Å²) in [7, 11) is 0. The lowest BCUT2D eigenvalue weighted by atomic mass is 10.0.